The summed E-state index contributed by atoms with van der Waals surface area (Å²) < 4.78 is 7.88. The molecule has 0 saturated heterocycles. The van der Waals surface area contributed by atoms with Crippen LogP contribution < -0.4 is 51.4 Å². The van der Waals surface area contributed by atoms with Crippen molar-refractivity contribution in [2.24, 2.45) is 0 Å². The predicted octanol–water partition coefficient (Wildman–Crippen LogP) is -2.99. The molecule has 0 rings (SSSR count). The molecule has 0 aliphatic heterocycles. The summed E-state index contributed by atoms with van der Waals surface area (Å²) in [7, 11) is 0. The molecule has 0 aromatic carbocycles. The van der Waals surface area contributed by atoms with Crippen molar-refractivity contribution in [3.05, 3.63) is 19.7 Å². The van der Waals surface area contributed by atoms with Crippen LogP contribution in [0.1, 0.15) is 0 Å². The van der Waals surface area contributed by atoms with E-state index in [0.29, 0.717) is 0 Å². The summed E-state index contributed by atoms with van der Waals surface area (Å²) in [5, 5.41) is 32.5. The minimum atomic E-state index is 0. The fourth-order valence-corrected chi connectivity index (χ4v) is 0. The maximum absolute atomic E-state index is 7.88. The van der Waals surface area contributed by atoms with E-state index >= 15 is 0 Å². The quantitative estimate of drug-likeness (QED) is 0.270. The Hall–Kier alpha value is -0.310. The third kappa shape index (κ3) is 7610. The first-order valence-corrected chi connectivity index (χ1v) is 1.65. The zero-order valence-corrected chi connectivity index (χ0v) is 10.1. The van der Waals surface area contributed by atoms with E-state index in [1.165, 1.54) is 0 Å². The van der Waals surface area contributed by atoms with Gasteiger partial charge in [-0.15, -0.1) is 0 Å². The van der Waals surface area contributed by atoms with E-state index in [1.807, 2.05) is 0 Å². The topological polar surface area (TPSA) is 132 Å². The second-order valence-corrected chi connectivity index (χ2v) is 0.100. The number of hydrogen-bond donors (Lipinski definition) is 1. The molecule has 0 fully saturated rings. The summed E-state index contributed by atoms with van der Waals surface area (Å²) in [6.45, 7) is 14.2. The van der Waals surface area contributed by atoms with Crippen molar-refractivity contribution in [1.82, 2.24) is 0 Å². The monoisotopic (exact) mass is 234 g/mol. The van der Waals surface area contributed by atoms with Gasteiger partial charge in [0.2, 0.25) is 0 Å². The van der Waals surface area contributed by atoms with Gasteiger partial charge in [0.25, 0.3) is 6.26 Å². The Morgan fingerprint density at radius 3 is 1.00 bits per heavy atom. The summed E-state index contributed by atoms with van der Waals surface area (Å²) in [4.78, 5) is 0. The third-order valence-corrected chi connectivity index (χ3v) is 0. The fraction of sp³-hybridized carbons (Fsp3) is 0. The van der Waals surface area contributed by atoms with Crippen LogP contribution in [0.3, 0.4) is 0 Å². The molecule has 0 amide bonds. The van der Waals surface area contributed by atoms with Crippen LogP contribution in [0, 0.1) is 47.0 Å². The van der Waals surface area contributed by atoms with Crippen molar-refractivity contribution in [3.63, 3.8) is 0 Å². The Morgan fingerprint density at radius 1 is 1.00 bits per heavy atom. The van der Waals surface area contributed by atoms with E-state index in [1.54, 1.807) is 0 Å². The second kappa shape index (κ2) is 2110. The Bertz CT molecular complexity index is 115. The maximum atomic E-state index is 7.88. The molecule has 0 aromatic rings. The number of rotatable bonds is 0. The van der Waals surface area contributed by atoms with Gasteiger partial charge in [0.15, 0.2) is 0 Å². The Kier molecular flexibility index (Phi) is 7250. The van der Waals surface area contributed by atoms with Gasteiger partial charge in [-0.1, -0.05) is 0 Å². The zero-order valence-electron chi connectivity index (χ0n) is 5.96. The first-order valence-electron chi connectivity index (χ1n) is 1.25. The first-order chi connectivity index (χ1) is 5.41. The SMILES string of the molecule is N#CO.[C-]#N.[C-]#N.[C-]#N.[K+].[O]=[Ni]. The van der Waals surface area contributed by atoms with Crippen LogP contribution in [0.25, 0.3) is 0 Å². The van der Waals surface area contributed by atoms with Crippen molar-refractivity contribution >= 4 is 0 Å². The molecule has 6 nitrogen and oxygen atoms in total. The Morgan fingerprint density at radius 2 is 1.00 bits per heavy atom. The second-order valence-electron chi connectivity index (χ2n) is 0.100. The van der Waals surface area contributed by atoms with Crippen molar-refractivity contribution in [2.75, 3.05) is 0 Å². The van der Waals surface area contributed by atoms with Crippen molar-refractivity contribution in [2.45, 2.75) is 0 Å². The van der Waals surface area contributed by atoms with Gasteiger partial charge in [0.1, 0.15) is 0 Å². The molecule has 0 aliphatic carbocycles. The molecule has 0 radical (unpaired) electrons. The summed E-state index contributed by atoms with van der Waals surface area (Å²) >= 11 is 2.62. The fourth-order valence-electron chi connectivity index (χ4n) is 0. The van der Waals surface area contributed by atoms with E-state index in [0.717, 1.165) is 6.26 Å². The molecule has 0 saturated carbocycles. The van der Waals surface area contributed by atoms with Crippen molar-refractivity contribution < 1.29 is 75.8 Å². The standard InChI is InChI=1S/CHNO.3CN.K.Ni.O/c2-1-3;3*1-2;;;/h3H;;;;;;/q;3*-1;+1;;. The normalized spacial score (nSPS) is 1.58. The van der Waals surface area contributed by atoms with Gasteiger partial charge in [0.05, 0.1) is 0 Å². The number of nitriles is 1. The van der Waals surface area contributed by atoms with Gasteiger partial charge in [-0.25, -0.2) is 0 Å². The average Bonchev–Trinajstić information content (AvgIpc) is 2.18. The number of nitrogens with zero attached hydrogens (tertiary/aromatic N) is 4. The molecule has 62 valence electrons. The molecule has 0 spiro atoms. The van der Waals surface area contributed by atoms with Crippen LogP contribution in [-0.2, 0) is 19.3 Å². The summed E-state index contributed by atoms with van der Waals surface area (Å²) in [6.07, 6.45) is 0.750. The van der Waals surface area contributed by atoms with Crippen molar-refractivity contribution in [1.29, 1.82) is 21.0 Å². The number of hydrogen-bond acceptors (Lipinski definition) is 6. The van der Waals surface area contributed by atoms with Crippen LogP contribution in [-0.4, -0.2) is 5.11 Å². The van der Waals surface area contributed by atoms with Crippen LogP contribution in [0.5, 0.6) is 0 Å². The van der Waals surface area contributed by atoms with Gasteiger partial charge >= 0.3 is 70.7 Å². The Balaban J connectivity index is -0.00000000933. The summed E-state index contributed by atoms with van der Waals surface area (Å²) in [5.74, 6) is 0. The molecule has 0 atom stereocenters. The van der Waals surface area contributed by atoms with Crippen LogP contribution in [0.15, 0.2) is 0 Å². The third-order valence-electron chi connectivity index (χ3n) is 0. The van der Waals surface area contributed by atoms with E-state index in [2.05, 4.69) is 15.4 Å². The average molecular weight is 235 g/mol. The number of aliphatic hydroxyl groups is 1. The first kappa shape index (κ1) is 41.3. The van der Waals surface area contributed by atoms with Gasteiger partial charge in [-0.2, -0.15) is 5.26 Å². The molecule has 0 aromatic heterocycles. The number of aliphatic hydroxyl groups excluding tert-OH is 1. The van der Waals surface area contributed by atoms with Gasteiger partial charge in [-0.05, 0) is 0 Å². The van der Waals surface area contributed by atoms with E-state index in [9.17, 15) is 0 Å². The van der Waals surface area contributed by atoms with Crippen LogP contribution >= 0.6 is 0 Å². The van der Waals surface area contributed by atoms with Gasteiger partial charge < -0.3 is 40.6 Å². The molecule has 0 bridgehead atoms. The van der Waals surface area contributed by atoms with Gasteiger partial charge in [-0.3, -0.25) is 0 Å². The molecule has 1 N–H and O–H groups in total. The summed E-state index contributed by atoms with van der Waals surface area (Å²) in [6, 6.07) is 0. The molecule has 0 heterocycles. The molecule has 8 heteroatoms. The zero-order chi connectivity index (χ0) is 10.7. The van der Waals surface area contributed by atoms with Gasteiger partial charge in [0, 0.05) is 0 Å². The molecular weight excluding hydrogens is 234 g/mol. The van der Waals surface area contributed by atoms with E-state index in [4.69, 9.17) is 49.8 Å². The molecule has 0 aliphatic rings. The summed E-state index contributed by atoms with van der Waals surface area (Å²) in [5.41, 5.74) is 0. The Labute approximate surface area is 121 Å². The minimum absolute atomic E-state index is 0. The van der Waals surface area contributed by atoms with E-state index in [-0.39, 0.29) is 51.4 Å². The van der Waals surface area contributed by atoms with E-state index < -0.39 is 0 Å². The predicted molar refractivity (Wildman–Crippen MR) is 23.1 cm³/mol. The van der Waals surface area contributed by atoms with Crippen molar-refractivity contribution in [3.8, 4) is 6.26 Å². The van der Waals surface area contributed by atoms with Crippen LogP contribution in [0.2, 0.25) is 0 Å². The van der Waals surface area contributed by atoms with Crippen LogP contribution in [0.4, 0.5) is 0 Å². The molecule has 12 heavy (non-hydrogen) atoms. The molecular formula is C4HKN4NiO2-2. The molecule has 0 unspecified atom stereocenters.